The zero-order valence-electron chi connectivity index (χ0n) is 54.5. The second-order valence-corrected chi connectivity index (χ2v) is 31.8. The van der Waals surface area contributed by atoms with Crippen molar-refractivity contribution in [2.45, 2.75) is 104 Å². The van der Waals surface area contributed by atoms with Crippen molar-refractivity contribution in [2.75, 3.05) is 4.90 Å². The first kappa shape index (κ1) is 54.7. The molecule has 0 atom stereocenters. The van der Waals surface area contributed by atoms with E-state index in [0.29, 0.717) is 0 Å². The predicted molar refractivity (Wildman–Crippen MR) is 392 cm³/mol. The average molecular weight is 1230 g/mol. The van der Waals surface area contributed by atoms with E-state index in [0.717, 1.165) is 46.9 Å². The van der Waals surface area contributed by atoms with Crippen molar-refractivity contribution in [2.24, 2.45) is 35.5 Å². The molecule has 0 aromatic heterocycles. The Bertz CT molecular complexity index is 4780. The third kappa shape index (κ3) is 7.17. The maximum Gasteiger partial charge on any atom is 0.0726 e. The number of hydrogen-bond acceptors (Lipinski definition) is 1. The topological polar surface area (TPSA) is 3.24 Å². The summed E-state index contributed by atoms with van der Waals surface area (Å²) in [6.07, 6.45) is 16.8. The molecular formula is C95H77N. The minimum Gasteiger partial charge on any atom is -0.310 e. The molecule has 0 heterocycles. The zero-order chi connectivity index (χ0) is 62.7. The Labute approximate surface area is 565 Å². The van der Waals surface area contributed by atoms with Gasteiger partial charge < -0.3 is 4.90 Å². The highest BCUT2D eigenvalue weighted by molar-refractivity contribution is 5.98. The minimum absolute atomic E-state index is 0.244. The lowest BCUT2D eigenvalue weighted by atomic mass is 9.48. The second kappa shape index (κ2) is 19.8. The monoisotopic (exact) mass is 1230 g/mol. The molecule has 8 saturated carbocycles. The van der Waals surface area contributed by atoms with Gasteiger partial charge in [0.25, 0.3) is 0 Å². The summed E-state index contributed by atoms with van der Waals surface area (Å²) in [4.78, 5) is 2.68. The lowest BCUT2D eigenvalue weighted by Gasteiger charge is -2.57. The zero-order valence-corrected chi connectivity index (χ0v) is 54.5. The van der Waals surface area contributed by atoms with Crippen LogP contribution < -0.4 is 4.90 Å². The summed E-state index contributed by atoms with van der Waals surface area (Å²) >= 11 is 0. The van der Waals surface area contributed by atoms with E-state index in [1.54, 1.807) is 11.1 Å². The summed E-state index contributed by atoms with van der Waals surface area (Å²) in [6.45, 7) is 0. The summed E-state index contributed by atoms with van der Waals surface area (Å²) in [5.41, 5.74) is 32.5. The summed E-state index contributed by atoms with van der Waals surface area (Å²) in [6, 6.07) is 113. The molecule has 8 bridgehead atoms. The van der Waals surface area contributed by atoms with Crippen LogP contribution in [0.1, 0.15) is 155 Å². The first-order chi connectivity index (χ1) is 47.4. The first-order valence-electron chi connectivity index (χ1n) is 36.5. The molecule has 0 N–H and O–H groups in total. The molecule has 1 spiro atoms. The van der Waals surface area contributed by atoms with Crippen LogP contribution in [0.2, 0.25) is 0 Å². The summed E-state index contributed by atoms with van der Waals surface area (Å²) in [7, 11) is 0. The second-order valence-electron chi connectivity index (χ2n) is 31.8. The van der Waals surface area contributed by atoms with Crippen LogP contribution in [0.4, 0.5) is 17.1 Å². The number of rotatable bonds is 9. The molecule has 0 radical (unpaired) electrons. The fourth-order valence-corrected chi connectivity index (χ4v) is 24.5. The molecule has 1 heteroatoms. The van der Waals surface area contributed by atoms with Crippen LogP contribution in [0.5, 0.6) is 0 Å². The predicted octanol–water partition coefficient (Wildman–Crippen LogP) is 23.2. The van der Waals surface area contributed by atoms with E-state index >= 15 is 0 Å². The molecule has 8 fully saturated rings. The van der Waals surface area contributed by atoms with Crippen molar-refractivity contribution in [1.82, 2.24) is 0 Å². The Hall–Kier alpha value is -9.56. The van der Waals surface area contributed by atoms with Gasteiger partial charge in [-0.1, -0.05) is 249 Å². The van der Waals surface area contributed by atoms with Crippen LogP contribution in [0.3, 0.4) is 0 Å². The fraction of sp³-hybridized carbons (Fsp3) is 0.242. The van der Waals surface area contributed by atoms with Gasteiger partial charge in [0.2, 0.25) is 0 Å². The van der Waals surface area contributed by atoms with E-state index in [4.69, 9.17) is 0 Å². The molecule has 12 aromatic carbocycles. The number of fused-ring (bicyclic) bond motifs is 16. The third-order valence-electron chi connectivity index (χ3n) is 27.1. The molecule has 12 aromatic rings. The fourth-order valence-electron chi connectivity index (χ4n) is 24.5. The maximum atomic E-state index is 2.85. The molecule has 0 aliphatic heterocycles. The van der Waals surface area contributed by atoms with Crippen molar-refractivity contribution in [3.8, 4) is 44.5 Å². The van der Waals surface area contributed by atoms with E-state index in [1.165, 1.54) is 194 Å². The summed E-state index contributed by atoms with van der Waals surface area (Å²) in [5.74, 6) is 5.15. The molecule has 0 unspecified atom stereocenters. The van der Waals surface area contributed by atoms with E-state index in [9.17, 15) is 0 Å². The van der Waals surface area contributed by atoms with Crippen LogP contribution in [0.25, 0.3) is 44.5 Å². The normalized spacial score (nSPS) is 26.5. The van der Waals surface area contributed by atoms with Gasteiger partial charge in [0.1, 0.15) is 0 Å². The standard InChI is InChI=1S/C95H77N/c1-5-19-66(20-6-1)93(67-21-7-2-8-22-67)83-30-16-13-27-75(83)80-40-35-72(51-88(80)93)96(73-36-41-81-76-28-14-17-31-84(76)94(89(81)52-73,68-23-9-3-10-24-68)69-25-11-4-12-26-69)74-37-42-82-77-29-15-18-32-85(77)95(90(82)53-74)86-49-70(91-54-60-43-61(55-91)45-62(44-60)56-91)33-38-78(86)79-39-34-71(50-87(79)95)92-57-63-46-64(58-92)48-65(47-63)59-92/h1-42,49-53,60-65H,43-48,54-59H2. The van der Waals surface area contributed by atoms with Crippen LogP contribution in [-0.4, -0.2) is 0 Å². The van der Waals surface area contributed by atoms with E-state index in [2.05, 4.69) is 290 Å². The molecule has 12 aliphatic rings. The Balaban J connectivity index is 0.822. The molecule has 12 aliphatic carbocycles. The molecule has 0 amide bonds. The Kier molecular flexibility index (Phi) is 11.3. The van der Waals surface area contributed by atoms with E-state index < -0.39 is 16.2 Å². The van der Waals surface area contributed by atoms with Gasteiger partial charge in [0.15, 0.2) is 0 Å². The van der Waals surface area contributed by atoms with Crippen molar-refractivity contribution in [3.05, 3.63) is 363 Å². The first-order valence-corrected chi connectivity index (χ1v) is 36.5. The van der Waals surface area contributed by atoms with Crippen molar-refractivity contribution in [1.29, 1.82) is 0 Å². The van der Waals surface area contributed by atoms with Gasteiger partial charge in [-0.3, -0.25) is 0 Å². The molecule has 96 heavy (non-hydrogen) atoms. The van der Waals surface area contributed by atoms with Crippen LogP contribution in [-0.2, 0) is 27.1 Å². The van der Waals surface area contributed by atoms with Crippen LogP contribution in [0.15, 0.2) is 285 Å². The highest BCUT2D eigenvalue weighted by Gasteiger charge is 2.58. The number of nitrogens with zero attached hydrogens (tertiary/aromatic N) is 1. The quantitative estimate of drug-likeness (QED) is 0.139. The van der Waals surface area contributed by atoms with E-state index in [-0.39, 0.29) is 10.8 Å². The Morgan fingerprint density at radius 1 is 0.198 bits per heavy atom. The number of benzene rings is 12. The van der Waals surface area contributed by atoms with Gasteiger partial charge in [-0.15, -0.1) is 0 Å². The Morgan fingerprint density at radius 2 is 0.438 bits per heavy atom. The van der Waals surface area contributed by atoms with E-state index in [1.807, 2.05) is 0 Å². The van der Waals surface area contributed by atoms with Crippen molar-refractivity contribution in [3.63, 3.8) is 0 Å². The lowest BCUT2D eigenvalue weighted by Crippen LogP contribution is -2.48. The van der Waals surface area contributed by atoms with Gasteiger partial charge in [-0.05, 0) is 282 Å². The molecular weight excluding hydrogens is 1160 g/mol. The molecule has 462 valence electrons. The lowest BCUT2D eigenvalue weighted by molar-refractivity contribution is -0.00530. The van der Waals surface area contributed by atoms with Crippen molar-refractivity contribution < 1.29 is 0 Å². The maximum absolute atomic E-state index is 2.85. The highest BCUT2D eigenvalue weighted by Crippen LogP contribution is 2.69. The van der Waals surface area contributed by atoms with Gasteiger partial charge in [0, 0.05) is 17.1 Å². The molecule has 0 saturated heterocycles. The largest absolute Gasteiger partial charge is 0.310 e. The van der Waals surface area contributed by atoms with Gasteiger partial charge in [0.05, 0.1) is 16.2 Å². The Morgan fingerprint density at radius 3 is 0.750 bits per heavy atom. The van der Waals surface area contributed by atoms with Gasteiger partial charge in [-0.2, -0.15) is 0 Å². The molecule has 1 nitrogen and oxygen atoms in total. The third-order valence-corrected chi connectivity index (χ3v) is 27.1. The number of hydrogen-bond donors (Lipinski definition) is 0. The smallest absolute Gasteiger partial charge is 0.0726 e. The van der Waals surface area contributed by atoms with Crippen molar-refractivity contribution >= 4 is 17.1 Å². The van der Waals surface area contributed by atoms with Gasteiger partial charge in [-0.25, -0.2) is 0 Å². The number of anilines is 3. The SMILES string of the molecule is c1ccc(C2(c3ccccc3)c3ccccc3-c3ccc(N(c4ccc5c(c4)C(c4ccccc4)(c4ccccc4)c4ccccc4-5)c4ccc5c(c4)C4(c6ccccc6-5)c5cc(C67CC8CC(CC(C8)C6)C7)ccc5-c5ccc(C67CC8CC(CC(C8)C6)C7)cc54)cc32)cc1. The minimum atomic E-state index is -0.588. The molecule has 24 rings (SSSR count). The van der Waals surface area contributed by atoms with Gasteiger partial charge >= 0.3 is 0 Å². The van der Waals surface area contributed by atoms with Crippen LogP contribution in [0, 0.1) is 35.5 Å². The average Bonchev–Trinajstić information content (AvgIpc) is 1.48. The summed E-state index contributed by atoms with van der Waals surface area (Å²) in [5, 5.41) is 0. The van der Waals surface area contributed by atoms with Crippen LogP contribution >= 0.6 is 0 Å². The summed E-state index contributed by atoms with van der Waals surface area (Å²) < 4.78 is 0. The highest BCUT2D eigenvalue weighted by atomic mass is 15.1.